The molecule has 3 aromatic heterocycles. The molecule has 0 fully saturated rings. The molecular weight excluding hydrogens is 362 g/mol. The molecule has 1 N–H and O–H groups in total. The summed E-state index contributed by atoms with van der Waals surface area (Å²) in [4.78, 5) is 29.9. The number of hydrogen-bond donors (Lipinski definition) is 1. The third-order valence-electron chi connectivity index (χ3n) is 4.50. The Kier molecular flexibility index (Phi) is 4.16. The first-order valence-corrected chi connectivity index (χ1v) is 9.18. The summed E-state index contributed by atoms with van der Waals surface area (Å²) in [7, 11) is 1.68. The zero-order chi connectivity index (χ0) is 19.1. The molecule has 0 radical (unpaired) electrons. The van der Waals surface area contributed by atoms with Crippen LogP contribution in [-0.2, 0) is 7.05 Å². The number of aromatic nitrogens is 2. The number of pyridine rings is 1. The third-order valence-corrected chi connectivity index (χ3v) is 5.62. The van der Waals surface area contributed by atoms with Gasteiger partial charge in [-0.15, -0.1) is 11.3 Å². The Hall–Kier alpha value is -3.19. The second-order valence-electron chi connectivity index (χ2n) is 6.37. The molecule has 0 aliphatic heterocycles. The molecule has 0 atom stereocenters. The van der Waals surface area contributed by atoms with Crippen LogP contribution in [0.25, 0.3) is 21.5 Å². The molecule has 1 aromatic carbocycles. The van der Waals surface area contributed by atoms with E-state index in [9.17, 15) is 9.59 Å². The van der Waals surface area contributed by atoms with Crippen LogP contribution in [0.1, 0.15) is 20.8 Å². The van der Waals surface area contributed by atoms with Crippen LogP contribution in [0.5, 0.6) is 0 Å². The molecule has 27 heavy (non-hydrogen) atoms. The molecule has 1 amide bonds. The maximum absolute atomic E-state index is 12.6. The molecule has 0 aliphatic carbocycles. The second kappa shape index (κ2) is 6.51. The number of oxazole rings is 1. The summed E-state index contributed by atoms with van der Waals surface area (Å²) in [6.07, 6.45) is 3.36. The van der Waals surface area contributed by atoms with Crippen molar-refractivity contribution in [2.45, 2.75) is 13.8 Å². The fourth-order valence-electron chi connectivity index (χ4n) is 2.94. The lowest BCUT2D eigenvalue weighted by Crippen LogP contribution is -2.11. The average molecular weight is 379 g/mol. The Morgan fingerprint density at radius 2 is 2.00 bits per heavy atom. The first-order valence-electron chi connectivity index (χ1n) is 8.36. The van der Waals surface area contributed by atoms with Crippen molar-refractivity contribution in [3.63, 3.8) is 0 Å². The van der Waals surface area contributed by atoms with E-state index in [1.54, 1.807) is 25.5 Å². The van der Waals surface area contributed by atoms with Gasteiger partial charge in [0.25, 0.3) is 5.91 Å². The minimum atomic E-state index is -0.388. The molecule has 3 heterocycles. The number of aryl methyl sites for hydroxylation is 3. The van der Waals surface area contributed by atoms with E-state index in [-0.39, 0.29) is 11.7 Å². The van der Waals surface area contributed by atoms with Crippen LogP contribution < -0.4 is 11.1 Å². The van der Waals surface area contributed by atoms with Gasteiger partial charge in [0.15, 0.2) is 5.58 Å². The second-order valence-corrected chi connectivity index (χ2v) is 7.45. The van der Waals surface area contributed by atoms with E-state index in [1.807, 2.05) is 38.1 Å². The average Bonchev–Trinajstić information content (AvgIpc) is 3.22. The normalized spacial score (nSPS) is 11.1. The molecular formula is C20H17N3O3S. The third kappa shape index (κ3) is 3.06. The van der Waals surface area contributed by atoms with Crippen LogP contribution in [-0.4, -0.2) is 15.5 Å². The summed E-state index contributed by atoms with van der Waals surface area (Å²) in [5.74, 6) is -0.546. The SMILES string of the molecule is Cc1cnccc1NC(=O)c1ccc(-c2cc3c(cc2C)oc(=O)n3C)s1. The van der Waals surface area contributed by atoms with Gasteiger partial charge >= 0.3 is 5.76 Å². The zero-order valence-electron chi connectivity index (χ0n) is 15.1. The van der Waals surface area contributed by atoms with Gasteiger partial charge in [-0.3, -0.25) is 14.3 Å². The maximum Gasteiger partial charge on any atom is 0.419 e. The summed E-state index contributed by atoms with van der Waals surface area (Å²) in [6, 6.07) is 9.29. The molecule has 0 aliphatic rings. The van der Waals surface area contributed by atoms with Crippen molar-refractivity contribution in [2.75, 3.05) is 5.32 Å². The number of amides is 1. The lowest BCUT2D eigenvalue weighted by molar-refractivity contribution is 0.103. The minimum absolute atomic E-state index is 0.157. The molecule has 0 unspecified atom stereocenters. The van der Waals surface area contributed by atoms with E-state index in [0.29, 0.717) is 10.5 Å². The van der Waals surface area contributed by atoms with E-state index < -0.39 is 0 Å². The Balaban J connectivity index is 1.68. The van der Waals surface area contributed by atoms with E-state index in [0.717, 1.165) is 32.8 Å². The number of anilines is 1. The van der Waals surface area contributed by atoms with Gasteiger partial charge in [0.05, 0.1) is 10.4 Å². The van der Waals surface area contributed by atoms with Crippen LogP contribution >= 0.6 is 11.3 Å². The number of thiophene rings is 1. The number of nitrogens with zero attached hydrogens (tertiary/aromatic N) is 2. The van der Waals surface area contributed by atoms with Gasteiger partial charge in [-0.05, 0) is 60.9 Å². The van der Waals surface area contributed by atoms with Gasteiger partial charge < -0.3 is 9.73 Å². The smallest absolute Gasteiger partial charge is 0.408 e. The Labute approximate surface area is 159 Å². The molecule has 0 bridgehead atoms. The molecule has 0 saturated carbocycles. The number of rotatable bonds is 3. The van der Waals surface area contributed by atoms with Crippen LogP contribution in [0.2, 0.25) is 0 Å². The highest BCUT2D eigenvalue weighted by Crippen LogP contribution is 2.33. The first-order chi connectivity index (χ1) is 12.9. The van der Waals surface area contributed by atoms with E-state index in [4.69, 9.17) is 4.42 Å². The number of carbonyl (C=O) groups is 1. The predicted octanol–water partition coefficient (Wildman–Crippen LogP) is 4.12. The Morgan fingerprint density at radius 3 is 2.78 bits per heavy atom. The molecule has 7 heteroatoms. The van der Waals surface area contributed by atoms with Gasteiger partial charge in [-0.2, -0.15) is 0 Å². The van der Waals surface area contributed by atoms with Gasteiger partial charge in [0.1, 0.15) is 0 Å². The molecule has 4 aromatic rings. The number of hydrogen-bond acceptors (Lipinski definition) is 5. The Morgan fingerprint density at radius 1 is 1.19 bits per heavy atom. The topological polar surface area (TPSA) is 77.1 Å². The Bertz CT molecular complexity index is 1230. The predicted molar refractivity (Wildman–Crippen MR) is 106 cm³/mol. The van der Waals surface area contributed by atoms with Crippen LogP contribution in [0.15, 0.2) is 51.9 Å². The van der Waals surface area contributed by atoms with Crippen molar-refractivity contribution in [2.24, 2.45) is 7.05 Å². The standard InChI is InChI=1S/C20H17N3O3S/c1-11-8-16-15(23(3)20(25)26-16)9-13(11)17-4-5-18(27-17)19(24)22-14-6-7-21-10-12(14)2/h4-10H,1-3H3,(H,21,22,24). The number of benzene rings is 1. The molecule has 0 spiro atoms. The van der Waals surface area contributed by atoms with Crippen molar-refractivity contribution in [3.8, 4) is 10.4 Å². The number of carbonyl (C=O) groups excluding carboxylic acids is 1. The molecule has 0 saturated heterocycles. The van der Waals surface area contributed by atoms with Crippen LogP contribution in [0.3, 0.4) is 0 Å². The van der Waals surface area contributed by atoms with Crippen molar-refractivity contribution in [1.29, 1.82) is 0 Å². The molecule has 4 rings (SSSR count). The van der Waals surface area contributed by atoms with Crippen molar-refractivity contribution >= 4 is 34.0 Å². The summed E-state index contributed by atoms with van der Waals surface area (Å²) >= 11 is 1.41. The number of nitrogens with one attached hydrogen (secondary N) is 1. The van der Waals surface area contributed by atoms with Crippen LogP contribution in [0, 0.1) is 13.8 Å². The van der Waals surface area contributed by atoms with Crippen LogP contribution in [0.4, 0.5) is 5.69 Å². The van der Waals surface area contributed by atoms with Crippen molar-refractivity contribution < 1.29 is 9.21 Å². The quantitative estimate of drug-likeness (QED) is 0.581. The monoisotopic (exact) mass is 379 g/mol. The summed E-state index contributed by atoms with van der Waals surface area (Å²) < 4.78 is 6.71. The lowest BCUT2D eigenvalue weighted by atomic mass is 10.1. The van der Waals surface area contributed by atoms with Crippen molar-refractivity contribution in [1.82, 2.24) is 9.55 Å². The molecule has 136 valence electrons. The largest absolute Gasteiger partial charge is 0.419 e. The fourth-order valence-corrected chi connectivity index (χ4v) is 3.93. The number of fused-ring (bicyclic) bond motifs is 1. The first kappa shape index (κ1) is 17.2. The summed E-state index contributed by atoms with van der Waals surface area (Å²) in [6.45, 7) is 3.86. The van der Waals surface area contributed by atoms with E-state index >= 15 is 0 Å². The highest BCUT2D eigenvalue weighted by atomic mass is 32.1. The van der Waals surface area contributed by atoms with Gasteiger partial charge in [-0.1, -0.05) is 0 Å². The zero-order valence-corrected chi connectivity index (χ0v) is 15.9. The summed E-state index contributed by atoms with van der Waals surface area (Å²) in [5, 5.41) is 2.92. The summed E-state index contributed by atoms with van der Waals surface area (Å²) in [5.41, 5.74) is 4.90. The van der Waals surface area contributed by atoms with Gasteiger partial charge in [-0.25, -0.2) is 4.79 Å². The lowest BCUT2D eigenvalue weighted by Gasteiger charge is -2.06. The highest BCUT2D eigenvalue weighted by molar-refractivity contribution is 7.17. The van der Waals surface area contributed by atoms with E-state index in [1.165, 1.54) is 15.9 Å². The van der Waals surface area contributed by atoms with Crippen molar-refractivity contribution in [3.05, 3.63) is 69.3 Å². The maximum atomic E-state index is 12.6. The minimum Gasteiger partial charge on any atom is -0.408 e. The fraction of sp³-hybridized carbons (Fsp3) is 0.150. The van der Waals surface area contributed by atoms with Gasteiger partial charge in [0.2, 0.25) is 0 Å². The molecule has 6 nitrogen and oxygen atoms in total. The highest BCUT2D eigenvalue weighted by Gasteiger charge is 2.15. The van der Waals surface area contributed by atoms with E-state index in [2.05, 4.69) is 10.3 Å². The van der Waals surface area contributed by atoms with Gasteiger partial charge in [0, 0.05) is 30.0 Å².